The number of carbonyl (C=O) groups is 2. The molecule has 2 aromatic carbocycles. The molecule has 3 rings (SSSR count). The summed E-state index contributed by atoms with van der Waals surface area (Å²) in [5, 5.41) is 24.1. The van der Waals surface area contributed by atoms with E-state index in [1.807, 2.05) is 41.2 Å². The van der Waals surface area contributed by atoms with E-state index in [0.29, 0.717) is 5.56 Å². The molecule has 7 nitrogen and oxygen atoms in total. The van der Waals surface area contributed by atoms with Crippen LogP contribution in [-0.2, 0) is 0 Å². The Labute approximate surface area is 155 Å². The van der Waals surface area contributed by atoms with Gasteiger partial charge in [-0.3, -0.25) is 9.59 Å². The number of hydrogen-bond acceptors (Lipinski definition) is 4. The van der Waals surface area contributed by atoms with E-state index >= 15 is 0 Å². The number of carbonyl (C=O) groups excluding carboxylic acids is 2. The average Bonchev–Trinajstić information content (AvgIpc) is 3.19. The Bertz CT molecular complexity index is 914. The zero-order chi connectivity index (χ0) is 19.2. The highest BCUT2D eigenvalue weighted by molar-refractivity contribution is 5.95. The van der Waals surface area contributed by atoms with Crippen LogP contribution >= 0.6 is 0 Å². The molecule has 0 atom stereocenters. The molecule has 0 aliphatic rings. The van der Waals surface area contributed by atoms with Gasteiger partial charge in [-0.15, -0.1) is 0 Å². The van der Waals surface area contributed by atoms with Crippen molar-refractivity contribution < 1.29 is 19.8 Å². The Balaban J connectivity index is 1.47. The molecule has 4 N–H and O–H groups in total. The molecule has 2 amide bonds. The average molecular weight is 365 g/mol. The van der Waals surface area contributed by atoms with Gasteiger partial charge in [0.2, 0.25) is 0 Å². The number of aromatic nitrogens is 1. The lowest BCUT2D eigenvalue weighted by molar-refractivity contribution is 0.0927. The van der Waals surface area contributed by atoms with Gasteiger partial charge in [0, 0.05) is 48.4 Å². The number of phenols is 2. The number of nitrogens with one attached hydrogen (secondary N) is 2. The SMILES string of the molecule is O=C(NCCNC(=O)c1cc(O)cc(O)c1)c1ccc(-n2cccc2)cc1. The van der Waals surface area contributed by atoms with E-state index in [2.05, 4.69) is 10.6 Å². The molecule has 0 saturated carbocycles. The zero-order valence-corrected chi connectivity index (χ0v) is 14.4. The second-order valence-electron chi connectivity index (χ2n) is 5.89. The lowest BCUT2D eigenvalue weighted by Crippen LogP contribution is -2.34. The van der Waals surface area contributed by atoms with Gasteiger partial charge in [-0.05, 0) is 48.5 Å². The van der Waals surface area contributed by atoms with Crippen molar-refractivity contribution in [3.8, 4) is 17.2 Å². The van der Waals surface area contributed by atoms with Crippen molar-refractivity contribution in [2.24, 2.45) is 0 Å². The smallest absolute Gasteiger partial charge is 0.251 e. The van der Waals surface area contributed by atoms with Crippen LogP contribution in [0.2, 0.25) is 0 Å². The summed E-state index contributed by atoms with van der Waals surface area (Å²) >= 11 is 0. The minimum atomic E-state index is -0.452. The van der Waals surface area contributed by atoms with Crippen molar-refractivity contribution in [2.45, 2.75) is 0 Å². The molecular weight excluding hydrogens is 346 g/mol. The number of amides is 2. The standard InChI is InChI=1S/C20H19N3O4/c24-17-11-15(12-18(25)13-17)20(27)22-8-7-21-19(26)14-3-5-16(6-4-14)23-9-1-2-10-23/h1-6,9-13,24-25H,7-8H2,(H,21,26)(H,22,27). The van der Waals surface area contributed by atoms with Gasteiger partial charge >= 0.3 is 0 Å². The van der Waals surface area contributed by atoms with Crippen molar-refractivity contribution >= 4 is 11.8 Å². The zero-order valence-electron chi connectivity index (χ0n) is 14.4. The largest absolute Gasteiger partial charge is 0.508 e. The quantitative estimate of drug-likeness (QED) is 0.502. The normalized spacial score (nSPS) is 10.4. The fourth-order valence-electron chi connectivity index (χ4n) is 2.57. The maximum absolute atomic E-state index is 12.1. The molecule has 0 radical (unpaired) electrons. The highest BCUT2D eigenvalue weighted by Gasteiger charge is 2.09. The molecule has 7 heteroatoms. The van der Waals surface area contributed by atoms with Crippen LogP contribution in [0, 0.1) is 0 Å². The summed E-state index contributed by atoms with van der Waals surface area (Å²) in [5.74, 6) is -1.08. The van der Waals surface area contributed by atoms with Crippen molar-refractivity contribution in [3.05, 3.63) is 78.1 Å². The summed E-state index contributed by atoms with van der Waals surface area (Å²) < 4.78 is 1.94. The summed E-state index contributed by atoms with van der Waals surface area (Å²) in [6.45, 7) is 0.456. The van der Waals surface area contributed by atoms with Crippen LogP contribution in [0.3, 0.4) is 0 Å². The van der Waals surface area contributed by atoms with Crippen LogP contribution in [0.5, 0.6) is 11.5 Å². The molecule has 1 aromatic heterocycles. The van der Waals surface area contributed by atoms with Gasteiger partial charge in [-0.2, -0.15) is 0 Å². The Hall–Kier alpha value is -3.74. The van der Waals surface area contributed by atoms with E-state index in [1.165, 1.54) is 12.1 Å². The monoisotopic (exact) mass is 365 g/mol. The fraction of sp³-hybridized carbons (Fsp3) is 0.100. The number of phenolic OH excluding ortho intramolecular Hbond substituents is 2. The molecular formula is C20H19N3O4. The molecule has 0 bridgehead atoms. The second kappa shape index (κ2) is 8.09. The van der Waals surface area contributed by atoms with E-state index in [1.54, 1.807) is 12.1 Å². The maximum Gasteiger partial charge on any atom is 0.251 e. The number of aromatic hydroxyl groups is 2. The highest BCUT2D eigenvalue weighted by atomic mass is 16.3. The third kappa shape index (κ3) is 4.66. The van der Waals surface area contributed by atoms with Gasteiger partial charge in [0.25, 0.3) is 11.8 Å². The van der Waals surface area contributed by atoms with Gasteiger partial charge < -0.3 is 25.4 Å². The summed E-state index contributed by atoms with van der Waals surface area (Å²) in [4.78, 5) is 24.1. The Morgan fingerprint density at radius 3 is 1.85 bits per heavy atom. The van der Waals surface area contributed by atoms with Crippen LogP contribution in [0.1, 0.15) is 20.7 Å². The Kier molecular flexibility index (Phi) is 5.41. The van der Waals surface area contributed by atoms with E-state index < -0.39 is 5.91 Å². The van der Waals surface area contributed by atoms with Crippen LogP contribution in [0.15, 0.2) is 67.0 Å². The predicted molar refractivity (Wildman–Crippen MR) is 100 cm³/mol. The summed E-state index contributed by atoms with van der Waals surface area (Å²) in [7, 11) is 0. The van der Waals surface area contributed by atoms with Crippen molar-refractivity contribution in [3.63, 3.8) is 0 Å². The van der Waals surface area contributed by atoms with Gasteiger partial charge in [0.15, 0.2) is 0 Å². The molecule has 0 fully saturated rings. The van der Waals surface area contributed by atoms with Crippen LogP contribution in [0.4, 0.5) is 0 Å². The van der Waals surface area contributed by atoms with Gasteiger partial charge in [-0.25, -0.2) is 0 Å². The number of nitrogens with zero attached hydrogens (tertiary/aromatic N) is 1. The van der Waals surface area contributed by atoms with Gasteiger partial charge in [-0.1, -0.05) is 0 Å². The first kappa shape index (κ1) is 18.1. The van der Waals surface area contributed by atoms with Crippen molar-refractivity contribution in [1.29, 1.82) is 0 Å². The summed E-state index contributed by atoms with van der Waals surface area (Å²) in [6.07, 6.45) is 3.84. The van der Waals surface area contributed by atoms with Crippen molar-refractivity contribution in [2.75, 3.05) is 13.1 Å². The van der Waals surface area contributed by atoms with E-state index in [4.69, 9.17) is 0 Å². The maximum atomic E-state index is 12.1. The molecule has 1 heterocycles. The molecule has 0 spiro atoms. The second-order valence-corrected chi connectivity index (χ2v) is 5.89. The summed E-state index contributed by atoms with van der Waals surface area (Å²) in [5.41, 5.74) is 1.62. The third-order valence-electron chi connectivity index (χ3n) is 3.89. The first-order valence-electron chi connectivity index (χ1n) is 8.36. The molecule has 27 heavy (non-hydrogen) atoms. The third-order valence-corrected chi connectivity index (χ3v) is 3.89. The molecule has 0 aliphatic carbocycles. The molecule has 138 valence electrons. The highest BCUT2D eigenvalue weighted by Crippen LogP contribution is 2.20. The first-order chi connectivity index (χ1) is 13.0. The minimum absolute atomic E-state index is 0.138. The molecule has 0 saturated heterocycles. The van der Waals surface area contributed by atoms with Gasteiger partial charge in [0.05, 0.1) is 0 Å². The van der Waals surface area contributed by atoms with Crippen molar-refractivity contribution in [1.82, 2.24) is 15.2 Å². The molecule has 0 unspecified atom stereocenters. The van der Waals surface area contributed by atoms with E-state index in [-0.39, 0.29) is 36.1 Å². The lowest BCUT2D eigenvalue weighted by Gasteiger charge is -2.09. The van der Waals surface area contributed by atoms with E-state index in [9.17, 15) is 19.8 Å². The fourth-order valence-corrected chi connectivity index (χ4v) is 2.57. The van der Waals surface area contributed by atoms with Gasteiger partial charge in [0.1, 0.15) is 11.5 Å². The topological polar surface area (TPSA) is 104 Å². The lowest BCUT2D eigenvalue weighted by atomic mass is 10.2. The predicted octanol–water partition coefficient (Wildman–Crippen LogP) is 2.05. The number of benzene rings is 2. The first-order valence-corrected chi connectivity index (χ1v) is 8.36. The van der Waals surface area contributed by atoms with Crippen LogP contribution in [-0.4, -0.2) is 39.7 Å². The Morgan fingerprint density at radius 2 is 1.30 bits per heavy atom. The van der Waals surface area contributed by atoms with Crippen LogP contribution < -0.4 is 10.6 Å². The molecule has 0 aliphatic heterocycles. The number of hydrogen-bond donors (Lipinski definition) is 4. The van der Waals surface area contributed by atoms with E-state index in [0.717, 1.165) is 11.8 Å². The number of rotatable bonds is 6. The summed E-state index contributed by atoms with van der Waals surface area (Å²) in [6, 6.07) is 14.7. The Morgan fingerprint density at radius 1 is 0.778 bits per heavy atom. The minimum Gasteiger partial charge on any atom is -0.508 e. The molecule has 3 aromatic rings. The van der Waals surface area contributed by atoms with Crippen LogP contribution in [0.25, 0.3) is 5.69 Å².